The average molecular weight is 126 g/mol. The minimum absolute atomic E-state index is 0.0631. The lowest BCUT2D eigenvalue weighted by atomic mass is 10.1. The standard InChI is InChI=1S/C7H10O2/c1-5-3-4-7(8)6(2)9-5/h3-6H,1-2H3/t5-,6+/m1/s1. The van der Waals surface area contributed by atoms with Crippen LogP contribution in [0.25, 0.3) is 0 Å². The fourth-order valence-electron chi connectivity index (χ4n) is 0.800. The van der Waals surface area contributed by atoms with Gasteiger partial charge in [0.2, 0.25) is 0 Å². The zero-order valence-electron chi connectivity index (χ0n) is 5.63. The van der Waals surface area contributed by atoms with Gasteiger partial charge in [0.1, 0.15) is 6.10 Å². The Morgan fingerprint density at radius 1 is 1.56 bits per heavy atom. The lowest BCUT2D eigenvalue weighted by Gasteiger charge is -2.17. The molecule has 0 saturated carbocycles. The summed E-state index contributed by atoms with van der Waals surface area (Å²) in [5, 5.41) is 0. The Balaban J connectivity index is 2.65. The van der Waals surface area contributed by atoms with Crippen LogP contribution in [-0.4, -0.2) is 18.0 Å². The number of hydrogen-bond acceptors (Lipinski definition) is 2. The first-order valence-corrected chi connectivity index (χ1v) is 3.07. The molecule has 1 aliphatic rings. The number of rotatable bonds is 0. The number of carbonyl (C=O) groups is 1. The fraction of sp³-hybridized carbons (Fsp3) is 0.571. The van der Waals surface area contributed by atoms with Crippen molar-refractivity contribution in [2.24, 2.45) is 0 Å². The fourth-order valence-corrected chi connectivity index (χ4v) is 0.800. The van der Waals surface area contributed by atoms with E-state index in [-0.39, 0.29) is 18.0 Å². The van der Waals surface area contributed by atoms with Gasteiger partial charge in [0, 0.05) is 0 Å². The molecule has 0 N–H and O–H groups in total. The lowest BCUT2D eigenvalue weighted by molar-refractivity contribution is -0.127. The molecule has 1 heterocycles. The Morgan fingerprint density at radius 3 is 2.67 bits per heavy atom. The van der Waals surface area contributed by atoms with E-state index in [0.717, 1.165) is 0 Å². The third-order valence-corrected chi connectivity index (χ3v) is 1.35. The highest BCUT2D eigenvalue weighted by Gasteiger charge is 2.16. The van der Waals surface area contributed by atoms with Crippen LogP contribution in [0.4, 0.5) is 0 Å². The second-order valence-electron chi connectivity index (χ2n) is 2.24. The molecule has 0 amide bonds. The van der Waals surface area contributed by atoms with Crippen molar-refractivity contribution in [1.82, 2.24) is 0 Å². The summed E-state index contributed by atoms with van der Waals surface area (Å²) < 4.78 is 5.16. The van der Waals surface area contributed by atoms with Gasteiger partial charge in [0.25, 0.3) is 0 Å². The molecule has 0 aliphatic carbocycles. The van der Waals surface area contributed by atoms with Gasteiger partial charge in [-0.2, -0.15) is 0 Å². The number of hydrogen-bond donors (Lipinski definition) is 0. The second kappa shape index (κ2) is 2.31. The highest BCUT2D eigenvalue weighted by atomic mass is 16.5. The van der Waals surface area contributed by atoms with Crippen LogP contribution < -0.4 is 0 Å². The van der Waals surface area contributed by atoms with Gasteiger partial charge in [-0.3, -0.25) is 4.79 Å². The molecule has 0 radical (unpaired) electrons. The van der Waals surface area contributed by atoms with Crippen LogP contribution in [0.5, 0.6) is 0 Å². The van der Waals surface area contributed by atoms with E-state index in [1.165, 1.54) is 0 Å². The monoisotopic (exact) mass is 126 g/mol. The summed E-state index contributed by atoms with van der Waals surface area (Å²) in [7, 11) is 0. The van der Waals surface area contributed by atoms with E-state index >= 15 is 0 Å². The molecule has 0 spiro atoms. The molecule has 0 fully saturated rings. The molecule has 0 aromatic carbocycles. The third kappa shape index (κ3) is 1.39. The highest BCUT2D eigenvalue weighted by Crippen LogP contribution is 2.07. The Bertz CT molecular complexity index is 149. The van der Waals surface area contributed by atoms with E-state index in [1.54, 1.807) is 19.1 Å². The van der Waals surface area contributed by atoms with E-state index in [9.17, 15) is 4.79 Å². The highest BCUT2D eigenvalue weighted by molar-refractivity contribution is 5.93. The molecular formula is C7H10O2. The predicted octanol–water partition coefficient (Wildman–Crippen LogP) is 0.919. The number of ketones is 1. The summed E-state index contributed by atoms with van der Waals surface area (Å²) >= 11 is 0. The van der Waals surface area contributed by atoms with Gasteiger partial charge in [-0.05, 0) is 19.9 Å². The predicted molar refractivity (Wildman–Crippen MR) is 34.2 cm³/mol. The SMILES string of the molecule is C[C@@H]1C=CC(=O)[C@H](C)O1. The van der Waals surface area contributed by atoms with Crippen molar-refractivity contribution in [2.75, 3.05) is 0 Å². The molecule has 1 rings (SSSR count). The molecule has 0 bridgehead atoms. The van der Waals surface area contributed by atoms with Gasteiger partial charge in [0.15, 0.2) is 5.78 Å². The molecule has 0 aromatic rings. The molecule has 2 heteroatoms. The summed E-state index contributed by atoms with van der Waals surface area (Å²) in [5.74, 6) is 0.0631. The molecule has 50 valence electrons. The van der Waals surface area contributed by atoms with Gasteiger partial charge >= 0.3 is 0 Å². The molecule has 2 atom stereocenters. The molecular weight excluding hydrogens is 116 g/mol. The maximum absolute atomic E-state index is 10.7. The van der Waals surface area contributed by atoms with Crippen LogP contribution in [0.15, 0.2) is 12.2 Å². The van der Waals surface area contributed by atoms with Gasteiger partial charge in [-0.15, -0.1) is 0 Å². The average Bonchev–Trinajstić information content (AvgIpc) is 1.80. The van der Waals surface area contributed by atoms with Gasteiger partial charge in [0.05, 0.1) is 6.10 Å². The first-order valence-electron chi connectivity index (χ1n) is 3.07. The molecule has 1 aliphatic heterocycles. The first kappa shape index (κ1) is 6.49. The topological polar surface area (TPSA) is 26.3 Å². The Morgan fingerprint density at radius 2 is 2.22 bits per heavy atom. The van der Waals surface area contributed by atoms with Crippen LogP contribution in [-0.2, 0) is 9.53 Å². The largest absolute Gasteiger partial charge is 0.363 e. The summed E-state index contributed by atoms with van der Waals surface area (Å²) in [4.78, 5) is 10.7. The van der Waals surface area contributed by atoms with Crippen LogP contribution in [0, 0.1) is 0 Å². The van der Waals surface area contributed by atoms with Crippen LogP contribution >= 0.6 is 0 Å². The maximum atomic E-state index is 10.7. The zero-order valence-corrected chi connectivity index (χ0v) is 5.63. The normalized spacial score (nSPS) is 35.1. The van der Waals surface area contributed by atoms with Crippen LogP contribution in [0.1, 0.15) is 13.8 Å². The maximum Gasteiger partial charge on any atom is 0.183 e. The van der Waals surface area contributed by atoms with Crippen molar-refractivity contribution in [3.63, 3.8) is 0 Å². The quantitative estimate of drug-likeness (QED) is 0.482. The van der Waals surface area contributed by atoms with Crippen molar-refractivity contribution < 1.29 is 9.53 Å². The van der Waals surface area contributed by atoms with Crippen molar-refractivity contribution >= 4 is 5.78 Å². The third-order valence-electron chi connectivity index (χ3n) is 1.35. The Labute approximate surface area is 54.5 Å². The number of ether oxygens (including phenoxy) is 1. The van der Waals surface area contributed by atoms with Crippen molar-refractivity contribution in [1.29, 1.82) is 0 Å². The van der Waals surface area contributed by atoms with E-state index < -0.39 is 0 Å². The second-order valence-corrected chi connectivity index (χ2v) is 2.24. The zero-order chi connectivity index (χ0) is 6.85. The minimum Gasteiger partial charge on any atom is -0.363 e. The Hall–Kier alpha value is -0.630. The molecule has 0 saturated heterocycles. The van der Waals surface area contributed by atoms with Gasteiger partial charge in [-0.25, -0.2) is 0 Å². The molecule has 0 unspecified atom stereocenters. The van der Waals surface area contributed by atoms with E-state index in [0.29, 0.717) is 0 Å². The van der Waals surface area contributed by atoms with E-state index in [2.05, 4.69) is 0 Å². The van der Waals surface area contributed by atoms with Crippen LogP contribution in [0.3, 0.4) is 0 Å². The molecule has 0 aromatic heterocycles. The molecule has 2 nitrogen and oxygen atoms in total. The van der Waals surface area contributed by atoms with Gasteiger partial charge in [-0.1, -0.05) is 6.08 Å². The first-order chi connectivity index (χ1) is 4.20. The minimum atomic E-state index is -0.245. The van der Waals surface area contributed by atoms with Crippen molar-refractivity contribution in [2.45, 2.75) is 26.1 Å². The Kier molecular flexibility index (Phi) is 1.67. The van der Waals surface area contributed by atoms with Crippen molar-refractivity contribution in [3.05, 3.63) is 12.2 Å². The summed E-state index contributed by atoms with van der Waals surface area (Å²) in [6.45, 7) is 3.68. The number of carbonyl (C=O) groups excluding carboxylic acids is 1. The van der Waals surface area contributed by atoms with E-state index in [4.69, 9.17) is 4.74 Å². The van der Waals surface area contributed by atoms with E-state index in [1.807, 2.05) is 6.92 Å². The smallest absolute Gasteiger partial charge is 0.183 e. The lowest BCUT2D eigenvalue weighted by Crippen LogP contribution is -2.27. The summed E-state index contributed by atoms with van der Waals surface area (Å²) in [6, 6.07) is 0. The van der Waals surface area contributed by atoms with Crippen molar-refractivity contribution in [3.8, 4) is 0 Å². The summed E-state index contributed by atoms with van der Waals surface area (Å²) in [5.41, 5.74) is 0. The molecule has 9 heavy (non-hydrogen) atoms. The van der Waals surface area contributed by atoms with Gasteiger partial charge < -0.3 is 4.74 Å². The van der Waals surface area contributed by atoms with Crippen LogP contribution in [0.2, 0.25) is 0 Å². The summed E-state index contributed by atoms with van der Waals surface area (Å²) in [6.07, 6.45) is 3.20.